The van der Waals surface area contributed by atoms with Crippen LogP contribution in [-0.4, -0.2) is 53.5 Å². The molecule has 21 heavy (non-hydrogen) atoms. The predicted octanol–water partition coefficient (Wildman–Crippen LogP) is 2.12. The molecule has 8 heteroatoms. The summed E-state index contributed by atoms with van der Waals surface area (Å²) in [5.74, 6) is 0.816. The second kappa shape index (κ2) is 6.53. The second-order valence-corrected chi connectivity index (χ2v) is 5.97. The quantitative estimate of drug-likeness (QED) is 0.481. The minimum atomic E-state index is -0.438. The van der Waals surface area contributed by atoms with Gasteiger partial charge in [0.15, 0.2) is 0 Å². The summed E-state index contributed by atoms with van der Waals surface area (Å²) in [6, 6.07) is 0. The molecule has 1 saturated heterocycles. The van der Waals surface area contributed by atoms with Crippen molar-refractivity contribution in [2.75, 3.05) is 38.6 Å². The van der Waals surface area contributed by atoms with Gasteiger partial charge in [-0.2, -0.15) is 4.98 Å². The first-order valence-corrected chi connectivity index (χ1v) is 7.34. The molecule has 1 aromatic heterocycles. The Morgan fingerprint density at radius 1 is 1.43 bits per heavy atom. The average Bonchev–Trinajstić information content (AvgIpc) is 2.39. The average molecular weight is 314 g/mol. The van der Waals surface area contributed by atoms with Crippen LogP contribution in [0.3, 0.4) is 0 Å². The van der Waals surface area contributed by atoms with Crippen molar-refractivity contribution in [3.8, 4) is 0 Å². The Balaban J connectivity index is 2.18. The van der Waals surface area contributed by atoms with Gasteiger partial charge in [-0.15, -0.1) is 0 Å². The van der Waals surface area contributed by atoms with Crippen molar-refractivity contribution in [1.29, 1.82) is 0 Å². The highest BCUT2D eigenvalue weighted by molar-refractivity contribution is 6.28. The van der Waals surface area contributed by atoms with Gasteiger partial charge in [0.2, 0.25) is 11.1 Å². The fraction of sp³-hybridized carbons (Fsp3) is 0.692. The predicted molar refractivity (Wildman–Crippen MR) is 81.9 cm³/mol. The summed E-state index contributed by atoms with van der Waals surface area (Å²) in [7, 11) is 3.93. The minimum absolute atomic E-state index is 0.0447. The Hall–Kier alpha value is -1.47. The van der Waals surface area contributed by atoms with E-state index >= 15 is 0 Å². The summed E-state index contributed by atoms with van der Waals surface area (Å²) >= 11 is 5.85. The molecule has 0 aliphatic carbocycles. The van der Waals surface area contributed by atoms with Crippen LogP contribution in [0.4, 0.5) is 11.5 Å². The van der Waals surface area contributed by atoms with Crippen molar-refractivity contribution in [2.24, 2.45) is 5.92 Å². The van der Waals surface area contributed by atoms with Gasteiger partial charge in [-0.25, -0.2) is 4.98 Å². The summed E-state index contributed by atoms with van der Waals surface area (Å²) in [5, 5.41) is 11.3. The lowest BCUT2D eigenvalue weighted by Gasteiger charge is -2.31. The summed E-state index contributed by atoms with van der Waals surface area (Å²) in [6.07, 6.45) is 2.18. The maximum Gasteiger partial charge on any atom is 0.332 e. The number of hydrogen-bond acceptors (Lipinski definition) is 6. The smallest absolute Gasteiger partial charge is 0.332 e. The van der Waals surface area contributed by atoms with Gasteiger partial charge in [0.1, 0.15) is 5.69 Å². The Bertz CT molecular complexity index is 532. The largest absolute Gasteiger partial charge is 0.354 e. The molecular weight excluding hydrogens is 294 g/mol. The van der Waals surface area contributed by atoms with Gasteiger partial charge in [0.05, 0.1) is 4.92 Å². The number of nitro groups is 1. The van der Waals surface area contributed by atoms with Crippen molar-refractivity contribution in [1.82, 2.24) is 14.9 Å². The van der Waals surface area contributed by atoms with Crippen LogP contribution in [0.5, 0.6) is 0 Å². The monoisotopic (exact) mass is 313 g/mol. The van der Waals surface area contributed by atoms with Crippen LogP contribution in [0.1, 0.15) is 18.5 Å². The lowest BCUT2D eigenvalue weighted by atomic mass is 9.96. The molecule has 2 heterocycles. The van der Waals surface area contributed by atoms with E-state index in [2.05, 4.69) is 21.9 Å². The molecule has 0 N–H and O–H groups in total. The number of nitrogens with zero attached hydrogens (tertiary/aromatic N) is 5. The van der Waals surface area contributed by atoms with Gasteiger partial charge in [0.25, 0.3) is 0 Å². The molecule has 1 aromatic rings. The topological polar surface area (TPSA) is 75.4 Å². The highest BCUT2D eigenvalue weighted by Crippen LogP contribution is 2.30. The van der Waals surface area contributed by atoms with Crippen LogP contribution in [0.15, 0.2) is 0 Å². The third-order valence-electron chi connectivity index (χ3n) is 3.93. The Morgan fingerprint density at radius 2 is 2.05 bits per heavy atom. The second-order valence-electron chi connectivity index (χ2n) is 5.63. The van der Waals surface area contributed by atoms with E-state index in [4.69, 9.17) is 11.6 Å². The van der Waals surface area contributed by atoms with Crippen molar-refractivity contribution in [3.05, 3.63) is 21.1 Å². The Morgan fingerprint density at radius 3 is 2.62 bits per heavy atom. The number of halogens is 1. The van der Waals surface area contributed by atoms with Crippen molar-refractivity contribution < 1.29 is 4.92 Å². The first-order valence-electron chi connectivity index (χ1n) is 6.96. The van der Waals surface area contributed by atoms with E-state index in [0.29, 0.717) is 17.4 Å². The van der Waals surface area contributed by atoms with Crippen LogP contribution in [-0.2, 0) is 0 Å². The standard InChI is InChI=1S/C13H20ClN5O2/c1-9-11(19(20)21)12(16-13(14)15-9)18(3)8-10-4-6-17(2)7-5-10/h10H,4-8H2,1-3H3. The molecule has 0 saturated carbocycles. The van der Waals surface area contributed by atoms with E-state index in [9.17, 15) is 10.1 Å². The molecule has 0 spiro atoms. The number of hydrogen-bond donors (Lipinski definition) is 0. The zero-order valence-corrected chi connectivity index (χ0v) is 13.3. The molecule has 0 atom stereocenters. The molecular formula is C13H20ClN5O2. The zero-order chi connectivity index (χ0) is 15.6. The normalized spacial score (nSPS) is 17.0. The van der Waals surface area contributed by atoms with E-state index in [-0.39, 0.29) is 11.0 Å². The van der Waals surface area contributed by atoms with Gasteiger partial charge in [-0.05, 0) is 57.4 Å². The fourth-order valence-electron chi connectivity index (χ4n) is 2.72. The molecule has 7 nitrogen and oxygen atoms in total. The molecule has 0 bridgehead atoms. The third kappa shape index (κ3) is 3.79. The molecule has 1 fully saturated rings. The van der Waals surface area contributed by atoms with E-state index in [1.165, 1.54) is 0 Å². The molecule has 0 aromatic carbocycles. The molecule has 0 unspecified atom stereocenters. The van der Waals surface area contributed by atoms with Crippen LogP contribution < -0.4 is 4.90 Å². The summed E-state index contributed by atoms with van der Waals surface area (Å²) in [4.78, 5) is 22.9. The first-order chi connectivity index (χ1) is 9.88. The van der Waals surface area contributed by atoms with Crippen molar-refractivity contribution in [2.45, 2.75) is 19.8 Å². The van der Waals surface area contributed by atoms with Gasteiger partial charge >= 0.3 is 5.69 Å². The molecule has 1 aliphatic rings. The Labute approximate surface area is 129 Å². The van der Waals surface area contributed by atoms with E-state index in [1.807, 2.05) is 11.9 Å². The van der Waals surface area contributed by atoms with E-state index in [0.717, 1.165) is 32.5 Å². The first kappa shape index (κ1) is 15.9. The van der Waals surface area contributed by atoms with Crippen LogP contribution in [0.2, 0.25) is 5.28 Å². The zero-order valence-electron chi connectivity index (χ0n) is 12.5. The van der Waals surface area contributed by atoms with E-state index < -0.39 is 4.92 Å². The number of aryl methyl sites for hydroxylation is 1. The number of piperidine rings is 1. The molecule has 0 amide bonds. The maximum absolute atomic E-state index is 11.2. The number of likely N-dealkylation sites (tertiary alicyclic amines) is 1. The number of rotatable bonds is 4. The molecule has 2 rings (SSSR count). The van der Waals surface area contributed by atoms with Gasteiger partial charge in [0, 0.05) is 13.6 Å². The SMILES string of the molecule is Cc1nc(Cl)nc(N(C)CC2CCN(C)CC2)c1[N+](=O)[O-]. The highest BCUT2D eigenvalue weighted by atomic mass is 35.5. The fourth-order valence-corrected chi connectivity index (χ4v) is 2.92. The summed E-state index contributed by atoms with van der Waals surface area (Å²) < 4.78 is 0. The lowest BCUT2D eigenvalue weighted by molar-refractivity contribution is -0.385. The van der Waals surface area contributed by atoms with Gasteiger partial charge < -0.3 is 9.80 Å². The van der Waals surface area contributed by atoms with Crippen molar-refractivity contribution in [3.63, 3.8) is 0 Å². The molecule has 116 valence electrons. The molecule has 0 radical (unpaired) electrons. The highest BCUT2D eigenvalue weighted by Gasteiger charge is 2.26. The summed E-state index contributed by atoms with van der Waals surface area (Å²) in [5.41, 5.74) is 0.236. The lowest BCUT2D eigenvalue weighted by Crippen LogP contribution is -2.36. The van der Waals surface area contributed by atoms with Gasteiger partial charge in [-0.1, -0.05) is 0 Å². The Kier molecular flexibility index (Phi) is 4.95. The summed E-state index contributed by atoms with van der Waals surface area (Å²) in [6.45, 7) is 4.44. The van der Waals surface area contributed by atoms with Crippen molar-refractivity contribution >= 4 is 23.1 Å². The maximum atomic E-state index is 11.2. The van der Waals surface area contributed by atoms with Crippen LogP contribution in [0.25, 0.3) is 0 Å². The van der Waals surface area contributed by atoms with Gasteiger partial charge in [-0.3, -0.25) is 10.1 Å². The molecule has 1 aliphatic heterocycles. The third-order valence-corrected chi connectivity index (χ3v) is 4.10. The van der Waals surface area contributed by atoms with Crippen LogP contribution >= 0.6 is 11.6 Å². The number of aromatic nitrogens is 2. The minimum Gasteiger partial charge on any atom is -0.354 e. The van der Waals surface area contributed by atoms with Crippen LogP contribution in [0, 0.1) is 23.0 Å². The number of anilines is 1. The van der Waals surface area contributed by atoms with E-state index in [1.54, 1.807) is 6.92 Å².